The maximum atomic E-state index is 11.6. The number of rotatable bonds is 7. The summed E-state index contributed by atoms with van der Waals surface area (Å²) in [6, 6.07) is 0. The van der Waals surface area contributed by atoms with Crippen molar-refractivity contribution >= 4 is 33.2 Å². The van der Waals surface area contributed by atoms with Crippen molar-refractivity contribution in [3.05, 3.63) is 21.7 Å². The summed E-state index contributed by atoms with van der Waals surface area (Å²) in [6.07, 6.45) is 4.11. The van der Waals surface area contributed by atoms with Crippen molar-refractivity contribution in [2.24, 2.45) is 0 Å². The Morgan fingerprint density at radius 2 is 2.11 bits per heavy atom. The minimum atomic E-state index is -3.11. The van der Waals surface area contributed by atoms with Crippen LogP contribution in [0.3, 0.4) is 0 Å². The van der Waals surface area contributed by atoms with E-state index in [4.69, 9.17) is 5.11 Å². The van der Waals surface area contributed by atoms with E-state index in [1.54, 1.807) is 6.92 Å². The largest absolute Gasteiger partial charge is 0.478 e. The van der Waals surface area contributed by atoms with Gasteiger partial charge in [0, 0.05) is 11.8 Å². The number of aryl methyl sites for hydroxylation is 1. The zero-order chi connectivity index (χ0) is 14.5. The van der Waals surface area contributed by atoms with E-state index in [1.807, 2.05) is 6.92 Å². The fourth-order valence-corrected chi connectivity index (χ4v) is 3.69. The Kier molecular flexibility index (Phi) is 5.68. The number of hydrogen-bond donors (Lipinski definition) is 1. The summed E-state index contributed by atoms with van der Waals surface area (Å²) in [5.41, 5.74) is 0.770. The maximum absolute atomic E-state index is 11.6. The number of aromatic nitrogens is 1. The number of carbonyl (C=O) groups is 1. The quantitative estimate of drug-likeness (QED) is 0.780. The Labute approximate surface area is 116 Å². The molecule has 5 nitrogen and oxygen atoms in total. The van der Waals surface area contributed by atoms with Crippen LogP contribution in [0.25, 0.3) is 6.08 Å². The van der Waals surface area contributed by atoms with Crippen LogP contribution >= 0.6 is 11.3 Å². The number of thiazole rings is 1. The third-order valence-electron chi connectivity index (χ3n) is 2.42. The first-order valence-electron chi connectivity index (χ1n) is 5.98. The Morgan fingerprint density at radius 3 is 2.63 bits per heavy atom. The molecule has 0 bridgehead atoms. The van der Waals surface area contributed by atoms with Crippen LogP contribution in [-0.4, -0.2) is 30.2 Å². The summed E-state index contributed by atoms with van der Waals surface area (Å²) in [5, 5.41) is 9.15. The van der Waals surface area contributed by atoms with Crippen LogP contribution in [0, 0.1) is 0 Å². The van der Waals surface area contributed by atoms with Crippen LogP contribution in [0.2, 0.25) is 0 Å². The first-order valence-corrected chi connectivity index (χ1v) is 8.61. The van der Waals surface area contributed by atoms with Gasteiger partial charge in [0.15, 0.2) is 9.84 Å². The summed E-state index contributed by atoms with van der Waals surface area (Å²) in [7, 11) is -3.11. The van der Waals surface area contributed by atoms with E-state index in [1.165, 1.54) is 17.4 Å². The van der Waals surface area contributed by atoms with Crippen molar-refractivity contribution in [1.29, 1.82) is 0 Å². The number of aliphatic carboxylic acids is 1. The summed E-state index contributed by atoms with van der Waals surface area (Å²) < 4.78 is 23.1. The molecule has 1 aromatic rings. The maximum Gasteiger partial charge on any atom is 0.328 e. The molecule has 0 saturated carbocycles. The Bertz CT molecular complexity index is 573. The molecular formula is C12H17NO4S2. The van der Waals surface area contributed by atoms with Crippen molar-refractivity contribution in [3.8, 4) is 0 Å². The van der Waals surface area contributed by atoms with E-state index in [9.17, 15) is 13.2 Å². The van der Waals surface area contributed by atoms with Crippen LogP contribution in [0.15, 0.2) is 6.08 Å². The van der Waals surface area contributed by atoms with Gasteiger partial charge in [0.2, 0.25) is 0 Å². The molecule has 106 valence electrons. The molecule has 1 N–H and O–H groups in total. The zero-order valence-electron chi connectivity index (χ0n) is 10.9. The molecule has 0 aliphatic rings. The normalized spacial score (nSPS) is 12.1. The van der Waals surface area contributed by atoms with Crippen molar-refractivity contribution in [2.45, 2.75) is 32.4 Å². The lowest BCUT2D eigenvalue weighted by Crippen LogP contribution is -2.06. The number of sulfone groups is 1. The molecule has 0 radical (unpaired) electrons. The number of carboxylic acids is 1. The van der Waals surface area contributed by atoms with Gasteiger partial charge in [-0.25, -0.2) is 18.2 Å². The van der Waals surface area contributed by atoms with Gasteiger partial charge in [-0.05, 0) is 12.5 Å². The molecule has 0 amide bonds. The SMILES string of the molecule is CCCc1nc(CS(=O)(=O)CC)sc1/C=C/C(=O)O. The Morgan fingerprint density at radius 1 is 1.42 bits per heavy atom. The van der Waals surface area contributed by atoms with E-state index in [0.29, 0.717) is 11.4 Å². The van der Waals surface area contributed by atoms with Crippen LogP contribution in [0.4, 0.5) is 0 Å². The number of nitrogens with zero attached hydrogens (tertiary/aromatic N) is 1. The molecule has 0 spiro atoms. The van der Waals surface area contributed by atoms with E-state index in [-0.39, 0.29) is 11.5 Å². The van der Waals surface area contributed by atoms with Crippen molar-refractivity contribution in [1.82, 2.24) is 4.98 Å². The van der Waals surface area contributed by atoms with E-state index >= 15 is 0 Å². The standard InChI is InChI=1S/C12H17NO4S2/c1-3-5-9-10(6-7-12(14)15)18-11(13-9)8-19(16,17)4-2/h6-7H,3-5,8H2,1-2H3,(H,14,15)/b7-6+. The van der Waals surface area contributed by atoms with Gasteiger partial charge in [-0.2, -0.15) is 0 Å². The van der Waals surface area contributed by atoms with Gasteiger partial charge in [0.05, 0.1) is 10.6 Å². The number of hydrogen-bond acceptors (Lipinski definition) is 5. The minimum absolute atomic E-state index is 0.0776. The number of carboxylic acid groups (broad SMARTS) is 1. The molecule has 1 aromatic heterocycles. The highest BCUT2D eigenvalue weighted by Gasteiger charge is 2.15. The molecule has 0 atom stereocenters. The smallest absolute Gasteiger partial charge is 0.328 e. The van der Waals surface area contributed by atoms with E-state index in [0.717, 1.165) is 23.1 Å². The van der Waals surface area contributed by atoms with Gasteiger partial charge in [0.25, 0.3) is 0 Å². The predicted molar refractivity (Wildman–Crippen MR) is 75.9 cm³/mol. The van der Waals surface area contributed by atoms with Crippen LogP contribution < -0.4 is 0 Å². The molecule has 0 aliphatic carbocycles. The van der Waals surface area contributed by atoms with Gasteiger partial charge >= 0.3 is 5.97 Å². The third kappa shape index (κ3) is 5.12. The molecule has 19 heavy (non-hydrogen) atoms. The molecule has 1 rings (SSSR count). The topological polar surface area (TPSA) is 84.3 Å². The molecule has 0 saturated heterocycles. The van der Waals surface area contributed by atoms with Crippen molar-refractivity contribution < 1.29 is 18.3 Å². The highest BCUT2D eigenvalue weighted by Crippen LogP contribution is 2.23. The molecule has 0 aromatic carbocycles. The average Bonchev–Trinajstić information content (AvgIpc) is 2.68. The van der Waals surface area contributed by atoms with Crippen LogP contribution in [-0.2, 0) is 26.8 Å². The summed E-state index contributed by atoms with van der Waals surface area (Å²) in [6.45, 7) is 3.59. The Hall–Kier alpha value is -1.21. The second-order valence-corrected chi connectivity index (χ2v) is 7.49. The van der Waals surface area contributed by atoms with Gasteiger partial charge in [0.1, 0.15) is 10.8 Å². The monoisotopic (exact) mass is 303 g/mol. The molecular weight excluding hydrogens is 286 g/mol. The lowest BCUT2D eigenvalue weighted by Gasteiger charge is -1.96. The van der Waals surface area contributed by atoms with E-state index in [2.05, 4.69) is 4.98 Å². The first kappa shape index (κ1) is 15.8. The molecule has 0 fully saturated rings. The highest BCUT2D eigenvalue weighted by atomic mass is 32.2. The summed E-state index contributed by atoms with van der Waals surface area (Å²) in [4.78, 5) is 15.6. The third-order valence-corrected chi connectivity index (χ3v) is 5.26. The van der Waals surface area contributed by atoms with E-state index < -0.39 is 15.8 Å². The van der Waals surface area contributed by atoms with Gasteiger partial charge in [-0.15, -0.1) is 11.3 Å². The average molecular weight is 303 g/mol. The summed E-state index contributed by atoms with van der Waals surface area (Å²) in [5.74, 6) is -1.03. The molecule has 0 unspecified atom stereocenters. The first-order chi connectivity index (χ1) is 8.88. The predicted octanol–water partition coefficient (Wildman–Crippen LogP) is 2.13. The lowest BCUT2D eigenvalue weighted by molar-refractivity contribution is -0.131. The molecule has 1 heterocycles. The van der Waals surface area contributed by atoms with Crippen LogP contribution in [0.5, 0.6) is 0 Å². The lowest BCUT2D eigenvalue weighted by atomic mass is 10.2. The molecule has 0 aliphatic heterocycles. The zero-order valence-corrected chi connectivity index (χ0v) is 12.6. The van der Waals surface area contributed by atoms with Crippen molar-refractivity contribution in [2.75, 3.05) is 5.75 Å². The summed E-state index contributed by atoms with van der Waals surface area (Å²) >= 11 is 1.24. The minimum Gasteiger partial charge on any atom is -0.478 e. The highest BCUT2D eigenvalue weighted by molar-refractivity contribution is 7.90. The fourth-order valence-electron chi connectivity index (χ4n) is 1.46. The van der Waals surface area contributed by atoms with Crippen molar-refractivity contribution in [3.63, 3.8) is 0 Å². The second-order valence-electron chi connectivity index (χ2n) is 4.02. The Balaban J connectivity index is 3.03. The van der Waals surface area contributed by atoms with Crippen LogP contribution in [0.1, 0.15) is 35.8 Å². The molecule has 7 heteroatoms. The second kappa shape index (κ2) is 6.81. The van der Waals surface area contributed by atoms with Gasteiger partial charge in [-0.3, -0.25) is 0 Å². The fraction of sp³-hybridized carbons (Fsp3) is 0.500. The van der Waals surface area contributed by atoms with Gasteiger partial charge < -0.3 is 5.11 Å². The van der Waals surface area contributed by atoms with Gasteiger partial charge in [-0.1, -0.05) is 20.3 Å².